The molecule has 0 saturated heterocycles. The van der Waals surface area contributed by atoms with E-state index < -0.39 is 0 Å². The first-order chi connectivity index (χ1) is 8.58. The van der Waals surface area contributed by atoms with E-state index in [9.17, 15) is 4.79 Å². The maximum absolute atomic E-state index is 11.8. The second-order valence-corrected chi connectivity index (χ2v) is 4.17. The van der Waals surface area contributed by atoms with Crippen molar-refractivity contribution < 1.29 is 9.32 Å². The molecule has 0 saturated carbocycles. The van der Waals surface area contributed by atoms with Crippen LogP contribution in [0.1, 0.15) is 21.6 Å². The molecular weight excluding hydrogens is 250 g/mol. The normalized spacial score (nSPS) is 10.1. The summed E-state index contributed by atoms with van der Waals surface area (Å²) < 4.78 is 4.61. The summed E-state index contributed by atoms with van der Waals surface area (Å²) >= 11 is 4.90. The van der Waals surface area contributed by atoms with Crippen LogP contribution < -0.4 is 11.1 Å². The molecule has 18 heavy (non-hydrogen) atoms. The quantitative estimate of drug-likeness (QED) is 0.824. The number of thiocarbonyl (C=S) groups is 1. The molecule has 0 aliphatic rings. The Morgan fingerprint density at radius 2 is 2.22 bits per heavy atom. The molecule has 1 heterocycles. The maximum atomic E-state index is 11.8. The molecule has 0 radical (unpaired) electrons. The number of aromatic nitrogens is 1. The van der Waals surface area contributed by atoms with Gasteiger partial charge in [0.25, 0.3) is 5.91 Å². The van der Waals surface area contributed by atoms with E-state index >= 15 is 0 Å². The summed E-state index contributed by atoms with van der Waals surface area (Å²) in [5.41, 5.74) is 8.02. The van der Waals surface area contributed by atoms with Gasteiger partial charge in [0.15, 0.2) is 5.69 Å². The molecule has 0 bridgehead atoms. The first-order valence-electron chi connectivity index (χ1n) is 5.20. The molecule has 92 valence electrons. The van der Waals surface area contributed by atoms with E-state index in [1.165, 1.54) is 12.3 Å². The zero-order valence-electron chi connectivity index (χ0n) is 9.64. The highest BCUT2D eigenvalue weighted by Gasteiger charge is 2.11. The Balaban J connectivity index is 2.26. The van der Waals surface area contributed by atoms with Gasteiger partial charge in [-0.1, -0.05) is 29.5 Å². The van der Waals surface area contributed by atoms with Gasteiger partial charge in [0.1, 0.15) is 11.3 Å². The van der Waals surface area contributed by atoms with Gasteiger partial charge >= 0.3 is 0 Å². The first-order valence-corrected chi connectivity index (χ1v) is 5.61. The standard InChI is InChI=1S/C12H11N3O2S/c1-7-2-3-8(11(13)18)6-10(7)14-12(16)9-4-5-17-15-9/h2-6H,1H3,(H2,13,18)(H,14,16). The number of nitrogens with one attached hydrogen (secondary N) is 1. The third-order valence-corrected chi connectivity index (χ3v) is 2.68. The maximum Gasteiger partial charge on any atom is 0.277 e. The number of carbonyl (C=O) groups excluding carboxylic acids is 1. The highest BCUT2D eigenvalue weighted by Crippen LogP contribution is 2.17. The van der Waals surface area contributed by atoms with Gasteiger partial charge in [0.2, 0.25) is 0 Å². The molecule has 5 nitrogen and oxygen atoms in total. The van der Waals surface area contributed by atoms with Crippen molar-refractivity contribution >= 4 is 28.8 Å². The second kappa shape index (κ2) is 4.97. The van der Waals surface area contributed by atoms with Crippen molar-refractivity contribution in [3.05, 3.63) is 47.3 Å². The second-order valence-electron chi connectivity index (χ2n) is 3.73. The summed E-state index contributed by atoms with van der Waals surface area (Å²) in [4.78, 5) is 12.1. The van der Waals surface area contributed by atoms with E-state index in [2.05, 4.69) is 15.0 Å². The van der Waals surface area contributed by atoms with Crippen LogP contribution in [0.4, 0.5) is 5.69 Å². The number of rotatable bonds is 3. The van der Waals surface area contributed by atoms with Gasteiger partial charge in [-0.05, 0) is 18.6 Å². The van der Waals surface area contributed by atoms with Crippen LogP contribution in [0.5, 0.6) is 0 Å². The predicted octanol–water partition coefficient (Wildman–Crippen LogP) is 1.87. The molecule has 0 fully saturated rings. The van der Waals surface area contributed by atoms with E-state index in [0.717, 1.165) is 5.56 Å². The first kappa shape index (κ1) is 12.3. The summed E-state index contributed by atoms with van der Waals surface area (Å²) in [6.45, 7) is 1.88. The van der Waals surface area contributed by atoms with Gasteiger partial charge in [-0.2, -0.15) is 0 Å². The van der Waals surface area contributed by atoms with Crippen LogP contribution in [0, 0.1) is 6.92 Å². The lowest BCUT2D eigenvalue weighted by Crippen LogP contribution is -2.15. The topological polar surface area (TPSA) is 81.1 Å². The lowest BCUT2D eigenvalue weighted by atomic mass is 10.1. The monoisotopic (exact) mass is 261 g/mol. The fourth-order valence-electron chi connectivity index (χ4n) is 1.43. The van der Waals surface area contributed by atoms with Gasteiger partial charge in [-0.15, -0.1) is 0 Å². The smallest absolute Gasteiger partial charge is 0.277 e. The van der Waals surface area contributed by atoms with Crippen molar-refractivity contribution in [1.29, 1.82) is 0 Å². The van der Waals surface area contributed by atoms with Crippen molar-refractivity contribution in [2.45, 2.75) is 6.92 Å². The van der Waals surface area contributed by atoms with Crippen LogP contribution in [-0.2, 0) is 0 Å². The number of amides is 1. The molecule has 2 rings (SSSR count). The van der Waals surface area contributed by atoms with Crippen LogP contribution in [0.15, 0.2) is 35.1 Å². The SMILES string of the molecule is Cc1ccc(C(N)=S)cc1NC(=O)c1ccon1. The Morgan fingerprint density at radius 1 is 1.44 bits per heavy atom. The molecule has 1 amide bonds. The van der Waals surface area contributed by atoms with E-state index in [1.807, 2.05) is 19.1 Å². The lowest BCUT2D eigenvalue weighted by molar-refractivity contribution is 0.101. The molecule has 3 N–H and O–H groups in total. The predicted molar refractivity (Wildman–Crippen MR) is 71.5 cm³/mol. The Morgan fingerprint density at radius 3 is 2.83 bits per heavy atom. The number of benzene rings is 1. The van der Waals surface area contributed by atoms with Crippen molar-refractivity contribution in [1.82, 2.24) is 5.16 Å². The molecule has 0 aliphatic carbocycles. The zero-order valence-corrected chi connectivity index (χ0v) is 10.5. The molecule has 1 aromatic carbocycles. The molecule has 0 atom stereocenters. The Bertz CT molecular complexity index is 593. The van der Waals surface area contributed by atoms with Gasteiger partial charge in [0.05, 0.1) is 0 Å². The number of hydrogen-bond donors (Lipinski definition) is 2. The summed E-state index contributed by atoms with van der Waals surface area (Å²) in [5.74, 6) is -0.341. The summed E-state index contributed by atoms with van der Waals surface area (Å²) in [6.07, 6.45) is 1.34. The van der Waals surface area contributed by atoms with Gasteiger partial charge in [-0.25, -0.2) is 0 Å². The average Bonchev–Trinajstić information content (AvgIpc) is 2.85. The minimum Gasteiger partial charge on any atom is -0.389 e. The number of aryl methyl sites for hydroxylation is 1. The van der Waals surface area contributed by atoms with E-state index in [0.29, 0.717) is 11.3 Å². The van der Waals surface area contributed by atoms with Gasteiger partial charge in [-0.3, -0.25) is 4.79 Å². The Kier molecular flexibility index (Phi) is 3.38. The summed E-state index contributed by atoms with van der Waals surface area (Å²) in [6, 6.07) is 6.87. The van der Waals surface area contributed by atoms with Gasteiger partial charge < -0.3 is 15.6 Å². The Hall–Kier alpha value is -2.21. The van der Waals surface area contributed by atoms with Crippen molar-refractivity contribution in [2.75, 3.05) is 5.32 Å². The number of hydrogen-bond acceptors (Lipinski definition) is 4. The fourth-order valence-corrected chi connectivity index (χ4v) is 1.55. The van der Waals surface area contributed by atoms with Crippen LogP contribution in [-0.4, -0.2) is 16.1 Å². The Labute approximate surface area is 109 Å². The minimum atomic E-state index is -0.341. The average molecular weight is 261 g/mol. The highest BCUT2D eigenvalue weighted by atomic mass is 32.1. The molecule has 6 heteroatoms. The summed E-state index contributed by atoms with van der Waals surface area (Å²) in [5, 5.41) is 6.29. The molecule has 0 aliphatic heterocycles. The molecule has 1 aromatic heterocycles. The lowest BCUT2D eigenvalue weighted by Gasteiger charge is -2.08. The molecule has 2 aromatic rings. The van der Waals surface area contributed by atoms with E-state index in [4.69, 9.17) is 18.0 Å². The highest BCUT2D eigenvalue weighted by molar-refractivity contribution is 7.80. The molecule has 0 unspecified atom stereocenters. The number of nitrogens with zero attached hydrogens (tertiary/aromatic N) is 1. The van der Waals surface area contributed by atoms with E-state index in [-0.39, 0.29) is 16.6 Å². The van der Waals surface area contributed by atoms with E-state index in [1.54, 1.807) is 6.07 Å². The van der Waals surface area contributed by atoms with Crippen molar-refractivity contribution in [3.63, 3.8) is 0 Å². The van der Waals surface area contributed by atoms with Crippen LogP contribution in [0.25, 0.3) is 0 Å². The van der Waals surface area contributed by atoms with Crippen LogP contribution in [0.2, 0.25) is 0 Å². The molecular formula is C12H11N3O2S. The third-order valence-electron chi connectivity index (χ3n) is 2.44. The number of nitrogens with two attached hydrogens (primary N) is 1. The summed E-state index contributed by atoms with van der Waals surface area (Å²) in [7, 11) is 0. The number of anilines is 1. The molecule has 0 spiro atoms. The largest absolute Gasteiger partial charge is 0.389 e. The zero-order chi connectivity index (χ0) is 13.1. The van der Waals surface area contributed by atoms with Crippen molar-refractivity contribution in [3.8, 4) is 0 Å². The number of carbonyl (C=O) groups is 1. The minimum absolute atomic E-state index is 0.218. The van der Waals surface area contributed by atoms with Crippen LogP contribution in [0.3, 0.4) is 0 Å². The van der Waals surface area contributed by atoms with Gasteiger partial charge in [0, 0.05) is 17.3 Å². The fraction of sp³-hybridized carbons (Fsp3) is 0.0833. The van der Waals surface area contributed by atoms with Crippen LogP contribution >= 0.6 is 12.2 Å². The van der Waals surface area contributed by atoms with Crippen molar-refractivity contribution in [2.24, 2.45) is 5.73 Å². The third kappa shape index (κ3) is 2.54.